The van der Waals surface area contributed by atoms with Crippen LogP contribution in [0.25, 0.3) is 0 Å². The molecule has 9 rings (SSSR count). The number of rotatable bonds is 6. The van der Waals surface area contributed by atoms with E-state index in [-0.39, 0.29) is 0 Å². The fourth-order valence-corrected chi connectivity index (χ4v) is 11.3. The van der Waals surface area contributed by atoms with Crippen LogP contribution in [0, 0.1) is 92.2 Å². The highest BCUT2D eigenvalue weighted by Gasteiger charge is 2.35. The van der Waals surface area contributed by atoms with Gasteiger partial charge < -0.3 is 0 Å². The molecule has 0 aromatic carbocycles. The minimum Gasteiger partial charge on any atom is -0.0651 e. The lowest BCUT2D eigenvalue weighted by atomic mass is 9.64. The summed E-state index contributed by atoms with van der Waals surface area (Å²) in [6, 6.07) is 0. The van der Waals surface area contributed by atoms with E-state index in [2.05, 4.69) is 145 Å². The maximum absolute atomic E-state index is 2.39. The van der Waals surface area contributed by atoms with E-state index in [1.54, 1.807) is 0 Å². The molecule has 0 heterocycles. The van der Waals surface area contributed by atoms with E-state index >= 15 is 0 Å². The van der Waals surface area contributed by atoms with Gasteiger partial charge in [0, 0.05) is 0 Å². The Balaban J connectivity index is 0.000000354. The molecule has 0 aromatic rings. The first-order valence-electron chi connectivity index (χ1n) is 29.2. The van der Waals surface area contributed by atoms with Crippen LogP contribution in [0.15, 0.2) is 0 Å². The van der Waals surface area contributed by atoms with Crippen molar-refractivity contribution < 1.29 is 0 Å². The summed E-state index contributed by atoms with van der Waals surface area (Å²) in [6.45, 7) is 49.0. The van der Waals surface area contributed by atoms with Gasteiger partial charge in [-0.15, -0.1) is 0 Å². The van der Waals surface area contributed by atoms with Crippen LogP contribution in [-0.2, 0) is 0 Å². The Morgan fingerprint density at radius 1 is 0.429 bits per heavy atom. The van der Waals surface area contributed by atoms with Gasteiger partial charge in [-0.1, -0.05) is 222 Å². The summed E-state index contributed by atoms with van der Waals surface area (Å²) in [5.74, 6) is 11.4. The van der Waals surface area contributed by atoms with Crippen molar-refractivity contribution in [3.8, 4) is 0 Å². The largest absolute Gasteiger partial charge is 0.0651 e. The lowest BCUT2D eigenvalue weighted by Gasteiger charge is -2.42. The molecule has 0 bridgehead atoms. The zero-order valence-electron chi connectivity index (χ0n) is 48.2. The van der Waals surface area contributed by atoms with Crippen LogP contribution in [0.1, 0.15) is 312 Å². The first-order valence-corrected chi connectivity index (χ1v) is 29.2. The summed E-state index contributed by atoms with van der Waals surface area (Å²) in [5, 5.41) is 0. The van der Waals surface area contributed by atoms with E-state index in [1.807, 2.05) is 0 Å². The van der Waals surface area contributed by atoms with Crippen molar-refractivity contribution in [1.82, 2.24) is 0 Å². The SMILES string of the molecule is CC(C)C1CCC1.CC1CC(C)(C)C1.CC1CCC1(C)C.CCC1(C)CCC1.CCC1(C)CCC1.CCC1CC(C)C1.CCC1CCC1C.CCC1CC[C@@H]1C.C[C@H]1CCC1(C)C. The van der Waals surface area contributed by atoms with E-state index in [9.17, 15) is 0 Å². The van der Waals surface area contributed by atoms with Crippen molar-refractivity contribution in [1.29, 1.82) is 0 Å². The Bertz CT molecular complexity index is 1010. The zero-order chi connectivity index (χ0) is 48.2. The van der Waals surface area contributed by atoms with Crippen LogP contribution >= 0.6 is 0 Å². The maximum atomic E-state index is 2.39. The predicted octanol–water partition coefficient (Wildman–Crippen LogP) is 22.3. The fourth-order valence-electron chi connectivity index (χ4n) is 11.3. The van der Waals surface area contributed by atoms with Gasteiger partial charge in [-0.25, -0.2) is 0 Å². The summed E-state index contributed by atoms with van der Waals surface area (Å²) in [4.78, 5) is 0. The van der Waals surface area contributed by atoms with Crippen molar-refractivity contribution in [3.05, 3.63) is 0 Å². The molecule has 0 saturated heterocycles. The Hall–Kier alpha value is 0. The van der Waals surface area contributed by atoms with Gasteiger partial charge >= 0.3 is 0 Å². The van der Waals surface area contributed by atoms with Gasteiger partial charge in [-0.2, -0.15) is 0 Å². The average molecular weight is 884 g/mol. The van der Waals surface area contributed by atoms with Gasteiger partial charge in [0.05, 0.1) is 0 Å². The summed E-state index contributed by atoms with van der Waals surface area (Å²) in [5.41, 5.74) is 3.58. The monoisotopic (exact) mass is 883 g/mol. The van der Waals surface area contributed by atoms with Crippen molar-refractivity contribution in [2.75, 3.05) is 0 Å². The number of hydrogen-bond acceptors (Lipinski definition) is 0. The third-order valence-corrected chi connectivity index (χ3v) is 20.5. The van der Waals surface area contributed by atoms with Gasteiger partial charge in [0.2, 0.25) is 0 Å². The Labute approximate surface area is 402 Å². The normalized spacial score (nSPS) is 33.4. The van der Waals surface area contributed by atoms with Crippen molar-refractivity contribution in [3.63, 3.8) is 0 Å². The molecule has 0 N–H and O–H groups in total. The lowest BCUT2D eigenvalue weighted by molar-refractivity contribution is 0.0891. The van der Waals surface area contributed by atoms with E-state index in [1.165, 1.54) is 167 Å². The Kier molecular flexibility index (Phi) is 28.2. The van der Waals surface area contributed by atoms with Crippen molar-refractivity contribution in [2.24, 2.45) is 92.2 Å². The van der Waals surface area contributed by atoms with E-state index in [4.69, 9.17) is 0 Å². The molecule has 0 aromatic heterocycles. The molecule has 9 aliphatic rings. The molecular weight excluding hydrogens is 757 g/mol. The summed E-state index contributed by atoms with van der Waals surface area (Å²) < 4.78 is 0. The quantitative estimate of drug-likeness (QED) is 0.249. The molecule has 0 spiro atoms. The highest BCUT2D eigenvalue weighted by molar-refractivity contribution is 4.86. The highest BCUT2D eigenvalue weighted by Crippen LogP contribution is 2.47. The zero-order valence-corrected chi connectivity index (χ0v) is 48.2. The molecule has 0 aliphatic heterocycles. The maximum Gasteiger partial charge on any atom is -0.0328 e. The van der Waals surface area contributed by atoms with Crippen LogP contribution in [0.4, 0.5) is 0 Å². The molecule has 0 radical (unpaired) electrons. The van der Waals surface area contributed by atoms with Crippen molar-refractivity contribution in [2.45, 2.75) is 312 Å². The van der Waals surface area contributed by atoms with Gasteiger partial charge in [-0.05, 0) is 182 Å². The van der Waals surface area contributed by atoms with E-state index < -0.39 is 0 Å². The molecule has 6 atom stereocenters. The third-order valence-electron chi connectivity index (χ3n) is 20.5. The molecule has 4 unspecified atom stereocenters. The second kappa shape index (κ2) is 29.1. The van der Waals surface area contributed by atoms with Gasteiger partial charge in [0.25, 0.3) is 0 Å². The van der Waals surface area contributed by atoms with Crippen LogP contribution in [0.2, 0.25) is 0 Å². The van der Waals surface area contributed by atoms with Crippen LogP contribution in [-0.4, -0.2) is 0 Å². The molecule has 9 fully saturated rings. The first-order chi connectivity index (χ1) is 29.2. The molecule has 9 aliphatic carbocycles. The standard InChI is InChI=1S/9C7H14/c1-6-4-7(2,3)5-6;2*1-6-4-5-7(6,2)3;1-6(2)7-4-3-5-7;1-3-7-4-6(2)5-7;2*1-3-7(2)5-4-6-7;2*1-3-7-5-4-6(7)2/h3*6H,4-5H2,1-3H3;2*6-7H,3-5H2,1-2H3;2*3-6H2,1-2H3;2*6-7H,3-5H2,1-2H3/t;6-;;;;;;6-,7?;/m.0.....0./s1. The Morgan fingerprint density at radius 2 is 0.794 bits per heavy atom. The van der Waals surface area contributed by atoms with Crippen LogP contribution < -0.4 is 0 Å². The molecule has 63 heavy (non-hydrogen) atoms. The minimum atomic E-state index is 0.681. The van der Waals surface area contributed by atoms with Crippen molar-refractivity contribution >= 4 is 0 Å². The van der Waals surface area contributed by atoms with E-state index in [0.717, 1.165) is 75.9 Å². The van der Waals surface area contributed by atoms with Crippen LogP contribution in [0.5, 0.6) is 0 Å². The first kappa shape index (κ1) is 61.0. The molecular formula is C63H126. The number of hydrogen-bond donors (Lipinski definition) is 0. The van der Waals surface area contributed by atoms with E-state index in [0.29, 0.717) is 16.2 Å². The molecule has 0 amide bonds. The Morgan fingerprint density at radius 3 is 0.810 bits per heavy atom. The smallest absolute Gasteiger partial charge is 0.0328 e. The average Bonchev–Trinajstić information content (AvgIpc) is 3.16. The highest BCUT2D eigenvalue weighted by atomic mass is 14.4. The predicted molar refractivity (Wildman–Crippen MR) is 290 cm³/mol. The topological polar surface area (TPSA) is 0 Å². The molecule has 378 valence electrons. The molecule has 0 nitrogen and oxygen atoms in total. The fraction of sp³-hybridized carbons (Fsp3) is 1.00. The minimum absolute atomic E-state index is 0.681. The second-order valence-corrected chi connectivity index (χ2v) is 27.8. The molecule has 9 saturated carbocycles. The van der Waals surface area contributed by atoms with Gasteiger partial charge in [-0.3, -0.25) is 0 Å². The summed E-state index contributed by atoms with van der Waals surface area (Å²) in [7, 11) is 0. The van der Waals surface area contributed by atoms with Gasteiger partial charge in [0.15, 0.2) is 0 Å². The summed E-state index contributed by atoms with van der Waals surface area (Å²) >= 11 is 0. The summed E-state index contributed by atoms with van der Waals surface area (Å²) in [6.07, 6.45) is 37.9. The molecule has 0 heteroatoms. The van der Waals surface area contributed by atoms with Crippen LogP contribution in [0.3, 0.4) is 0 Å². The lowest BCUT2D eigenvalue weighted by Crippen LogP contribution is -2.31. The second-order valence-electron chi connectivity index (χ2n) is 27.8. The third kappa shape index (κ3) is 23.2. The van der Waals surface area contributed by atoms with Gasteiger partial charge in [0.1, 0.15) is 0 Å².